The number of aromatic nitrogens is 3. The molecule has 148 valence electrons. The van der Waals surface area contributed by atoms with Crippen LogP contribution in [0.3, 0.4) is 0 Å². The molecule has 2 saturated heterocycles. The molecule has 2 aromatic rings. The first kappa shape index (κ1) is 20.4. The van der Waals surface area contributed by atoms with Crippen molar-refractivity contribution in [2.24, 2.45) is 0 Å². The number of aliphatic hydroxyl groups excluding tert-OH is 1. The summed E-state index contributed by atoms with van der Waals surface area (Å²) >= 11 is 7.80. The number of likely N-dealkylation sites (tertiary alicyclic amines) is 1. The average molecular weight is 412 g/mol. The topological polar surface area (TPSA) is 97.4 Å². The molecule has 0 bridgehead atoms. The second-order valence-corrected chi connectivity index (χ2v) is 8.24. The molecule has 4 heterocycles. The highest BCUT2D eigenvalue weighted by atomic mass is 35.5. The van der Waals surface area contributed by atoms with E-state index in [9.17, 15) is 0 Å². The minimum absolute atomic E-state index is 0.186. The Bertz CT molecular complexity index is 730. The van der Waals surface area contributed by atoms with Gasteiger partial charge in [-0.25, -0.2) is 15.0 Å². The van der Waals surface area contributed by atoms with Crippen LogP contribution in [0.2, 0.25) is 5.02 Å². The predicted octanol–water partition coefficient (Wildman–Crippen LogP) is 2.80. The Kier molecular flexibility index (Phi) is 7.37. The van der Waals surface area contributed by atoms with Crippen LogP contribution in [-0.2, 0) is 4.74 Å². The van der Waals surface area contributed by atoms with Gasteiger partial charge in [0.2, 0.25) is 5.95 Å². The Morgan fingerprint density at radius 2 is 2.07 bits per heavy atom. The lowest BCUT2D eigenvalue weighted by molar-refractivity contribution is -0.00535. The fourth-order valence-corrected chi connectivity index (χ4v) is 4.29. The van der Waals surface area contributed by atoms with E-state index in [4.69, 9.17) is 32.2 Å². The van der Waals surface area contributed by atoms with Gasteiger partial charge < -0.3 is 20.5 Å². The lowest BCUT2D eigenvalue weighted by Gasteiger charge is -2.27. The Balaban J connectivity index is 0.000000253. The van der Waals surface area contributed by atoms with Crippen molar-refractivity contribution in [3.63, 3.8) is 0 Å². The zero-order valence-electron chi connectivity index (χ0n) is 15.5. The van der Waals surface area contributed by atoms with Crippen LogP contribution in [-0.4, -0.2) is 64.4 Å². The summed E-state index contributed by atoms with van der Waals surface area (Å²) in [4.78, 5) is 15.1. The molecule has 2 aliphatic rings. The first-order valence-electron chi connectivity index (χ1n) is 9.21. The summed E-state index contributed by atoms with van der Waals surface area (Å²) in [6.07, 6.45) is 5.58. The molecule has 1 atom stereocenters. The standard InChI is InChI=1S/C13H16ClN5S.C5H10O2/c1-19-4-2-8(3-5-19)12-17-10(7-20-12)11-9(14)6-16-13(15)18-11;6-5-2-1-3-7-4-5/h6-8H,2-5H2,1H3,(H2,15,16,18);5-6H,1-4H2. The van der Waals surface area contributed by atoms with Gasteiger partial charge in [0.25, 0.3) is 0 Å². The summed E-state index contributed by atoms with van der Waals surface area (Å²) in [6, 6.07) is 0. The summed E-state index contributed by atoms with van der Waals surface area (Å²) < 4.78 is 4.93. The van der Waals surface area contributed by atoms with Gasteiger partial charge in [-0.1, -0.05) is 11.6 Å². The molecule has 0 radical (unpaired) electrons. The predicted molar refractivity (Wildman–Crippen MR) is 108 cm³/mol. The van der Waals surface area contributed by atoms with Crippen molar-refractivity contribution >= 4 is 28.9 Å². The van der Waals surface area contributed by atoms with Crippen LogP contribution in [0, 0.1) is 0 Å². The number of halogens is 1. The second kappa shape index (κ2) is 9.75. The van der Waals surface area contributed by atoms with Gasteiger partial charge in [0, 0.05) is 17.9 Å². The highest BCUT2D eigenvalue weighted by Crippen LogP contribution is 2.33. The molecule has 0 aliphatic carbocycles. The second-order valence-electron chi connectivity index (χ2n) is 6.94. The number of ether oxygens (including phenoxy) is 1. The quantitative estimate of drug-likeness (QED) is 0.783. The van der Waals surface area contributed by atoms with Crippen molar-refractivity contribution in [3.05, 3.63) is 21.6 Å². The zero-order chi connectivity index (χ0) is 19.2. The highest BCUT2D eigenvalue weighted by molar-refractivity contribution is 7.10. The van der Waals surface area contributed by atoms with Gasteiger partial charge >= 0.3 is 0 Å². The van der Waals surface area contributed by atoms with Gasteiger partial charge in [0.05, 0.1) is 28.9 Å². The van der Waals surface area contributed by atoms with E-state index in [2.05, 4.69) is 21.9 Å². The van der Waals surface area contributed by atoms with E-state index < -0.39 is 0 Å². The maximum Gasteiger partial charge on any atom is 0.220 e. The van der Waals surface area contributed by atoms with E-state index in [0.29, 0.717) is 23.2 Å². The van der Waals surface area contributed by atoms with E-state index in [0.717, 1.165) is 51.1 Å². The number of aliphatic hydroxyl groups is 1. The van der Waals surface area contributed by atoms with Gasteiger partial charge in [-0.3, -0.25) is 0 Å². The minimum atomic E-state index is -0.186. The van der Waals surface area contributed by atoms with Gasteiger partial charge in [-0.05, 0) is 45.8 Å². The van der Waals surface area contributed by atoms with Crippen LogP contribution in [0.15, 0.2) is 11.6 Å². The molecule has 1 unspecified atom stereocenters. The van der Waals surface area contributed by atoms with Crippen LogP contribution >= 0.6 is 22.9 Å². The summed E-state index contributed by atoms with van der Waals surface area (Å²) in [5, 5.41) is 12.4. The van der Waals surface area contributed by atoms with Gasteiger partial charge in [0.1, 0.15) is 11.4 Å². The van der Waals surface area contributed by atoms with Gasteiger partial charge in [-0.15, -0.1) is 11.3 Å². The van der Waals surface area contributed by atoms with Crippen LogP contribution in [0.4, 0.5) is 5.95 Å². The molecular weight excluding hydrogens is 386 g/mol. The van der Waals surface area contributed by atoms with Gasteiger partial charge in [0.15, 0.2) is 0 Å². The molecule has 0 amide bonds. The summed E-state index contributed by atoms with van der Waals surface area (Å²) in [7, 11) is 2.16. The van der Waals surface area contributed by atoms with Crippen LogP contribution in [0.25, 0.3) is 11.4 Å². The third kappa shape index (κ3) is 5.83. The molecule has 0 aromatic carbocycles. The Morgan fingerprint density at radius 3 is 2.70 bits per heavy atom. The van der Waals surface area contributed by atoms with E-state index in [1.807, 2.05) is 5.38 Å². The summed E-state index contributed by atoms with van der Waals surface area (Å²) in [6.45, 7) is 3.62. The molecule has 3 N–H and O–H groups in total. The minimum Gasteiger partial charge on any atom is -0.391 e. The molecule has 0 saturated carbocycles. The molecule has 2 aliphatic heterocycles. The van der Waals surface area contributed by atoms with E-state index in [1.54, 1.807) is 11.3 Å². The molecular formula is C18H26ClN5O2S. The van der Waals surface area contributed by atoms with Crippen molar-refractivity contribution in [3.8, 4) is 11.4 Å². The molecule has 7 nitrogen and oxygen atoms in total. The fourth-order valence-electron chi connectivity index (χ4n) is 3.12. The lowest BCUT2D eigenvalue weighted by Crippen LogP contribution is -2.29. The fraction of sp³-hybridized carbons (Fsp3) is 0.611. The SMILES string of the molecule is CN1CCC(c2nc(-c3nc(N)ncc3Cl)cs2)CC1.OC1CCCOC1. The summed E-state index contributed by atoms with van der Waals surface area (Å²) in [5.41, 5.74) is 7.03. The van der Waals surface area contributed by atoms with Crippen LogP contribution in [0.5, 0.6) is 0 Å². The van der Waals surface area contributed by atoms with E-state index >= 15 is 0 Å². The van der Waals surface area contributed by atoms with E-state index in [1.165, 1.54) is 11.2 Å². The molecule has 27 heavy (non-hydrogen) atoms. The van der Waals surface area contributed by atoms with Crippen LogP contribution < -0.4 is 5.73 Å². The molecule has 2 fully saturated rings. The van der Waals surface area contributed by atoms with Gasteiger partial charge in [-0.2, -0.15) is 0 Å². The largest absolute Gasteiger partial charge is 0.391 e. The van der Waals surface area contributed by atoms with Crippen molar-refractivity contribution in [2.75, 3.05) is 39.1 Å². The lowest BCUT2D eigenvalue weighted by atomic mass is 9.98. The zero-order valence-corrected chi connectivity index (χ0v) is 17.0. The maximum atomic E-state index is 8.78. The number of nitrogen functional groups attached to an aromatic ring is 1. The number of hydrogen-bond donors (Lipinski definition) is 2. The summed E-state index contributed by atoms with van der Waals surface area (Å²) in [5.74, 6) is 0.765. The molecule has 2 aromatic heterocycles. The third-order valence-corrected chi connectivity index (χ3v) is 6.02. The molecule has 0 spiro atoms. The Labute approximate surface area is 168 Å². The van der Waals surface area contributed by atoms with Crippen LogP contribution in [0.1, 0.15) is 36.6 Å². The number of thiazole rings is 1. The van der Waals surface area contributed by atoms with Crippen molar-refractivity contribution in [1.82, 2.24) is 19.9 Å². The normalized spacial score (nSPS) is 21.5. The number of anilines is 1. The number of nitrogens with two attached hydrogens (primary N) is 1. The number of piperidine rings is 1. The van der Waals surface area contributed by atoms with Crippen molar-refractivity contribution in [1.29, 1.82) is 0 Å². The third-order valence-electron chi connectivity index (χ3n) is 4.73. The average Bonchev–Trinajstić information content (AvgIpc) is 3.15. The number of hydrogen-bond acceptors (Lipinski definition) is 8. The van der Waals surface area contributed by atoms with E-state index in [-0.39, 0.29) is 12.1 Å². The number of nitrogens with zero attached hydrogens (tertiary/aromatic N) is 4. The number of rotatable bonds is 2. The first-order chi connectivity index (χ1) is 13.0. The van der Waals surface area contributed by atoms with Crippen molar-refractivity contribution < 1.29 is 9.84 Å². The first-order valence-corrected chi connectivity index (χ1v) is 10.5. The maximum absolute atomic E-state index is 8.78. The van der Waals surface area contributed by atoms with Crippen molar-refractivity contribution in [2.45, 2.75) is 37.7 Å². The Morgan fingerprint density at radius 1 is 1.30 bits per heavy atom. The molecule has 9 heteroatoms. The Hall–Kier alpha value is -1.32. The highest BCUT2D eigenvalue weighted by Gasteiger charge is 2.22. The molecule has 4 rings (SSSR count). The smallest absolute Gasteiger partial charge is 0.220 e. The monoisotopic (exact) mass is 411 g/mol.